The van der Waals surface area contributed by atoms with Gasteiger partial charge < -0.3 is 14.4 Å². The van der Waals surface area contributed by atoms with Crippen molar-refractivity contribution in [1.29, 1.82) is 0 Å². The maximum absolute atomic E-state index is 14.6. The Bertz CT molecular complexity index is 1020. The second kappa shape index (κ2) is 7.62. The van der Waals surface area contributed by atoms with Crippen molar-refractivity contribution < 1.29 is 19.0 Å². The van der Waals surface area contributed by atoms with Gasteiger partial charge in [0.15, 0.2) is 0 Å². The Morgan fingerprint density at radius 2 is 2.00 bits per heavy atom. The number of hydrogen-bond donors (Lipinski definition) is 1. The van der Waals surface area contributed by atoms with Crippen molar-refractivity contribution in [2.75, 3.05) is 6.61 Å². The number of imidazole rings is 1. The molecule has 4 rings (SSSR count). The number of aromatic hydroxyl groups is 1. The average molecular weight is 382 g/mol. The van der Waals surface area contributed by atoms with Gasteiger partial charge >= 0.3 is 5.97 Å². The number of phenolic OH excluding ortho intramolecular Hbond substituents is 1. The number of rotatable bonds is 4. The largest absolute Gasteiger partial charge is 0.508 e. The molecule has 1 fully saturated rings. The minimum Gasteiger partial charge on any atom is -0.508 e. The highest BCUT2D eigenvalue weighted by Gasteiger charge is 2.24. The molecule has 0 unspecified atom stereocenters. The van der Waals surface area contributed by atoms with E-state index in [4.69, 9.17) is 4.74 Å². The number of esters is 1. The van der Waals surface area contributed by atoms with E-state index in [2.05, 4.69) is 9.55 Å². The molecule has 3 aromatic rings. The highest BCUT2D eigenvalue weighted by Crippen LogP contribution is 2.37. The van der Waals surface area contributed by atoms with Crippen LogP contribution in [0.15, 0.2) is 36.4 Å². The van der Waals surface area contributed by atoms with Gasteiger partial charge in [-0.15, -0.1) is 0 Å². The number of aromatic nitrogens is 2. The highest BCUT2D eigenvalue weighted by atomic mass is 19.1. The smallest absolute Gasteiger partial charge is 0.338 e. The highest BCUT2D eigenvalue weighted by molar-refractivity contribution is 5.94. The SMILES string of the molecule is CCOC(=O)c1ccc2c(c1)nc(-c1ccc(O)cc1F)n2C1CCCCC1. The molecule has 1 aliphatic rings. The molecule has 28 heavy (non-hydrogen) atoms. The first kappa shape index (κ1) is 18.5. The van der Waals surface area contributed by atoms with Crippen molar-refractivity contribution in [3.05, 3.63) is 47.8 Å². The number of halogens is 1. The van der Waals surface area contributed by atoms with Gasteiger partial charge in [-0.05, 0) is 50.1 Å². The van der Waals surface area contributed by atoms with Crippen LogP contribution in [0.4, 0.5) is 4.39 Å². The number of fused-ring (bicyclic) bond motifs is 1. The normalized spacial score (nSPS) is 15.1. The zero-order valence-electron chi connectivity index (χ0n) is 15.8. The van der Waals surface area contributed by atoms with E-state index in [1.54, 1.807) is 25.1 Å². The van der Waals surface area contributed by atoms with Crippen LogP contribution >= 0.6 is 0 Å². The molecule has 0 radical (unpaired) electrons. The fourth-order valence-electron chi connectivity index (χ4n) is 4.02. The van der Waals surface area contributed by atoms with Crippen molar-refractivity contribution in [3.8, 4) is 17.1 Å². The van der Waals surface area contributed by atoms with Crippen LogP contribution in [0.5, 0.6) is 5.75 Å². The second-order valence-corrected chi connectivity index (χ2v) is 7.19. The first-order valence-electron chi connectivity index (χ1n) is 9.76. The molecular weight excluding hydrogens is 359 g/mol. The topological polar surface area (TPSA) is 64.3 Å². The van der Waals surface area contributed by atoms with Gasteiger partial charge in [-0.3, -0.25) is 0 Å². The quantitative estimate of drug-likeness (QED) is 0.628. The fourth-order valence-corrected chi connectivity index (χ4v) is 4.02. The first-order valence-corrected chi connectivity index (χ1v) is 9.76. The van der Waals surface area contributed by atoms with Crippen LogP contribution in [-0.4, -0.2) is 27.2 Å². The summed E-state index contributed by atoms with van der Waals surface area (Å²) in [4.78, 5) is 16.8. The van der Waals surface area contributed by atoms with E-state index in [1.165, 1.54) is 12.5 Å². The Morgan fingerprint density at radius 3 is 2.71 bits per heavy atom. The average Bonchev–Trinajstić information content (AvgIpc) is 3.07. The van der Waals surface area contributed by atoms with Crippen molar-refractivity contribution in [3.63, 3.8) is 0 Å². The predicted octanol–water partition coefficient (Wildman–Crippen LogP) is 5.23. The van der Waals surface area contributed by atoms with Crippen LogP contribution in [0.2, 0.25) is 0 Å². The maximum Gasteiger partial charge on any atom is 0.338 e. The molecule has 1 aliphatic carbocycles. The Morgan fingerprint density at radius 1 is 1.21 bits per heavy atom. The maximum atomic E-state index is 14.6. The van der Waals surface area contributed by atoms with Gasteiger partial charge in [0.1, 0.15) is 17.4 Å². The van der Waals surface area contributed by atoms with E-state index in [0.29, 0.717) is 29.1 Å². The molecule has 1 N–H and O–H groups in total. The number of phenols is 1. The first-order chi connectivity index (χ1) is 13.6. The molecule has 2 aromatic carbocycles. The van der Waals surface area contributed by atoms with E-state index in [1.807, 2.05) is 6.07 Å². The van der Waals surface area contributed by atoms with Gasteiger partial charge in [-0.1, -0.05) is 19.3 Å². The van der Waals surface area contributed by atoms with Gasteiger partial charge in [0.05, 0.1) is 28.8 Å². The fraction of sp³-hybridized carbons (Fsp3) is 0.364. The number of carbonyl (C=O) groups is 1. The second-order valence-electron chi connectivity index (χ2n) is 7.19. The van der Waals surface area contributed by atoms with Crippen LogP contribution in [0.3, 0.4) is 0 Å². The minimum atomic E-state index is -0.516. The van der Waals surface area contributed by atoms with Gasteiger partial charge in [0.25, 0.3) is 0 Å². The summed E-state index contributed by atoms with van der Waals surface area (Å²) in [6.45, 7) is 2.07. The molecular formula is C22H23FN2O3. The van der Waals surface area contributed by atoms with Gasteiger partial charge in [-0.25, -0.2) is 14.2 Å². The molecule has 0 spiro atoms. The summed E-state index contributed by atoms with van der Waals surface area (Å²) in [5, 5.41) is 9.57. The van der Waals surface area contributed by atoms with Crippen LogP contribution < -0.4 is 0 Å². The lowest BCUT2D eigenvalue weighted by molar-refractivity contribution is 0.0526. The molecule has 0 saturated heterocycles. The third-order valence-corrected chi connectivity index (χ3v) is 5.33. The number of carbonyl (C=O) groups excluding carboxylic acids is 1. The number of ether oxygens (including phenoxy) is 1. The molecule has 1 heterocycles. The summed E-state index contributed by atoms with van der Waals surface area (Å²) in [5.74, 6) is -0.501. The monoisotopic (exact) mass is 382 g/mol. The van der Waals surface area contributed by atoms with Crippen LogP contribution in [-0.2, 0) is 4.74 Å². The molecule has 1 aromatic heterocycles. The van der Waals surface area contributed by atoms with Crippen molar-refractivity contribution >= 4 is 17.0 Å². The van der Waals surface area contributed by atoms with Gasteiger partial charge in [0, 0.05) is 12.1 Å². The van der Waals surface area contributed by atoms with Crippen molar-refractivity contribution in [1.82, 2.24) is 9.55 Å². The molecule has 5 nitrogen and oxygen atoms in total. The van der Waals surface area contributed by atoms with Crippen LogP contribution in [0.25, 0.3) is 22.4 Å². The van der Waals surface area contributed by atoms with E-state index in [9.17, 15) is 14.3 Å². The lowest BCUT2D eigenvalue weighted by Gasteiger charge is -2.25. The van der Waals surface area contributed by atoms with Crippen LogP contribution in [0, 0.1) is 5.82 Å². The summed E-state index contributed by atoms with van der Waals surface area (Å²) in [5.41, 5.74) is 2.29. The zero-order valence-corrected chi connectivity index (χ0v) is 15.8. The minimum absolute atomic E-state index is 0.119. The Labute approximate surface area is 162 Å². The summed E-state index contributed by atoms with van der Waals surface area (Å²) in [6.07, 6.45) is 5.49. The van der Waals surface area contributed by atoms with Crippen LogP contribution in [0.1, 0.15) is 55.4 Å². The summed E-state index contributed by atoms with van der Waals surface area (Å²) < 4.78 is 21.8. The van der Waals surface area contributed by atoms with Gasteiger partial charge in [0.2, 0.25) is 0 Å². The molecule has 146 valence electrons. The molecule has 6 heteroatoms. The third-order valence-electron chi connectivity index (χ3n) is 5.33. The van der Waals surface area contributed by atoms with E-state index in [0.717, 1.165) is 37.3 Å². The lowest BCUT2D eigenvalue weighted by Crippen LogP contribution is -2.14. The van der Waals surface area contributed by atoms with Crippen molar-refractivity contribution in [2.45, 2.75) is 45.1 Å². The van der Waals surface area contributed by atoms with Crippen molar-refractivity contribution in [2.24, 2.45) is 0 Å². The zero-order chi connectivity index (χ0) is 19.7. The van der Waals surface area contributed by atoms with E-state index in [-0.39, 0.29) is 11.8 Å². The molecule has 0 atom stereocenters. The number of nitrogens with zero attached hydrogens (tertiary/aromatic N) is 2. The molecule has 0 aliphatic heterocycles. The van der Waals surface area contributed by atoms with E-state index < -0.39 is 11.8 Å². The third kappa shape index (κ3) is 3.35. The molecule has 0 bridgehead atoms. The number of hydrogen-bond acceptors (Lipinski definition) is 4. The summed E-state index contributed by atoms with van der Waals surface area (Å²) in [6, 6.07) is 9.65. The standard InChI is InChI=1S/C22H23FN2O3/c1-2-28-22(27)14-8-11-20-19(12-14)24-21(17-10-9-16(26)13-18(17)23)25(20)15-6-4-3-5-7-15/h8-13,15,26H,2-7H2,1H3. The summed E-state index contributed by atoms with van der Waals surface area (Å²) >= 11 is 0. The lowest BCUT2D eigenvalue weighted by atomic mass is 9.94. The van der Waals surface area contributed by atoms with Gasteiger partial charge in [-0.2, -0.15) is 0 Å². The Balaban J connectivity index is 1.89. The predicted molar refractivity (Wildman–Crippen MR) is 105 cm³/mol. The summed E-state index contributed by atoms with van der Waals surface area (Å²) in [7, 11) is 0. The Kier molecular flexibility index (Phi) is 5.03. The Hall–Kier alpha value is -2.89. The number of benzene rings is 2. The van der Waals surface area contributed by atoms with E-state index >= 15 is 0 Å². The molecule has 1 saturated carbocycles. The molecule has 0 amide bonds.